The lowest BCUT2D eigenvalue weighted by atomic mass is 10.1. The Morgan fingerprint density at radius 1 is 1.15 bits per heavy atom. The highest BCUT2D eigenvalue weighted by Gasteiger charge is 2.30. The van der Waals surface area contributed by atoms with Crippen molar-refractivity contribution in [3.05, 3.63) is 42.1 Å². The number of hydrogen-bond acceptors (Lipinski definition) is 3. The number of alkyl halides is 2. The second kappa shape index (κ2) is 5.11. The molecule has 2 aromatic heterocycles. The molecule has 0 aliphatic heterocycles. The molecule has 2 rings (SSSR count). The van der Waals surface area contributed by atoms with E-state index in [2.05, 4.69) is 9.97 Å². The van der Waals surface area contributed by atoms with Crippen molar-refractivity contribution in [1.82, 2.24) is 9.97 Å². The number of rotatable bonds is 3. The molecule has 0 aliphatic carbocycles. The Morgan fingerprint density at radius 3 is 2.40 bits per heavy atom. The van der Waals surface area contributed by atoms with E-state index in [9.17, 15) is 13.2 Å². The van der Waals surface area contributed by atoms with Gasteiger partial charge in [-0.2, -0.15) is 8.78 Å². The molecule has 0 unspecified atom stereocenters. The zero-order valence-corrected chi connectivity index (χ0v) is 11.4. The molecule has 0 saturated heterocycles. The van der Waals surface area contributed by atoms with Gasteiger partial charge in [-0.05, 0) is 18.2 Å². The van der Waals surface area contributed by atoms with Crippen LogP contribution in [0.15, 0.2) is 30.6 Å². The SMILES string of the molecule is CN(C)c1ccc(-c2cncc(F)c2)nc1C(C)(F)F. The molecular weight excluding hydrogens is 267 g/mol. The molecule has 2 aromatic rings. The standard InChI is InChI=1S/C14H14F3N3/c1-14(16,17)13-12(20(2)3)5-4-11(19-13)9-6-10(15)8-18-7-9/h4-8H,1-3H3. The van der Waals surface area contributed by atoms with E-state index in [0.29, 0.717) is 11.3 Å². The predicted octanol–water partition coefficient (Wildman–Crippen LogP) is 3.46. The van der Waals surface area contributed by atoms with Crippen LogP contribution < -0.4 is 4.90 Å². The molecule has 0 N–H and O–H groups in total. The molecule has 20 heavy (non-hydrogen) atoms. The molecule has 0 amide bonds. The van der Waals surface area contributed by atoms with Crippen LogP contribution in [0.1, 0.15) is 12.6 Å². The molecule has 0 atom stereocenters. The van der Waals surface area contributed by atoms with Crippen LogP contribution in [0.4, 0.5) is 18.9 Å². The largest absolute Gasteiger partial charge is 0.376 e. The zero-order valence-electron chi connectivity index (χ0n) is 11.4. The molecule has 2 heterocycles. The summed E-state index contributed by atoms with van der Waals surface area (Å²) in [5.74, 6) is -3.62. The minimum Gasteiger partial charge on any atom is -0.376 e. The van der Waals surface area contributed by atoms with Gasteiger partial charge in [0.05, 0.1) is 17.6 Å². The van der Waals surface area contributed by atoms with Crippen molar-refractivity contribution in [2.24, 2.45) is 0 Å². The van der Waals surface area contributed by atoms with E-state index in [0.717, 1.165) is 13.1 Å². The van der Waals surface area contributed by atoms with Gasteiger partial charge in [0.25, 0.3) is 5.92 Å². The quantitative estimate of drug-likeness (QED) is 0.862. The molecule has 0 radical (unpaired) electrons. The van der Waals surface area contributed by atoms with Crippen molar-refractivity contribution in [1.29, 1.82) is 0 Å². The van der Waals surface area contributed by atoms with Crippen LogP contribution in [0, 0.1) is 5.82 Å². The van der Waals surface area contributed by atoms with E-state index in [1.165, 1.54) is 12.3 Å². The lowest BCUT2D eigenvalue weighted by Crippen LogP contribution is -2.19. The van der Waals surface area contributed by atoms with Crippen LogP contribution in [-0.4, -0.2) is 24.1 Å². The Hall–Kier alpha value is -2.11. The van der Waals surface area contributed by atoms with Gasteiger partial charge in [0.1, 0.15) is 11.5 Å². The van der Waals surface area contributed by atoms with E-state index >= 15 is 0 Å². The van der Waals surface area contributed by atoms with Gasteiger partial charge >= 0.3 is 0 Å². The van der Waals surface area contributed by atoms with E-state index in [-0.39, 0.29) is 11.4 Å². The van der Waals surface area contributed by atoms with Crippen molar-refractivity contribution in [2.45, 2.75) is 12.8 Å². The molecule has 0 bridgehead atoms. The Labute approximate surface area is 115 Å². The van der Waals surface area contributed by atoms with Gasteiger partial charge < -0.3 is 4.90 Å². The average molecular weight is 281 g/mol. The van der Waals surface area contributed by atoms with Crippen LogP contribution in [0.25, 0.3) is 11.3 Å². The third-order valence-corrected chi connectivity index (χ3v) is 2.77. The summed E-state index contributed by atoms with van der Waals surface area (Å²) < 4.78 is 40.5. The number of aromatic nitrogens is 2. The number of nitrogens with zero attached hydrogens (tertiary/aromatic N) is 3. The van der Waals surface area contributed by atoms with Crippen molar-refractivity contribution in [2.75, 3.05) is 19.0 Å². The number of halogens is 3. The van der Waals surface area contributed by atoms with Crippen LogP contribution >= 0.6 is 0 Å². The third kappa shape index (κ3) is 2.89. The van der Waals surface area contributed by atoms with Crippen molar-refractivity contribution in [3.63, 3.8) is 0 Å². The maximum atomic E-state index is 13.7. The first-order chi connectivity index (χ1) is 9.29. The fourth-order valence-corrected chi connectivity index (χ4v) is 1.85. The fourth-order valence-electron chi connectivity index (χ4n) is 1.85. The summed E-state index contributed by atoms with van der Waals surface area (Å²) in [5, 5.41) is 0. The fraction of sp³-hybridized carbons (Fsp3) is 0.286. The number of anilines is 1. The first kappa shape index (κ1) is 14.3. The third-order valence-electron chi connectivity index (χ3n) is 2.77. The Balaban J connectivity index is 2.58. The number of hydrogen-bond donors (Lipinski definition) is 0. The van der Waals surface area contributed by atoms with Crippen LogP contribution in [-0.2, 0) is 5.92 Å². The summed E-state index contributed by atoms with van der Waals surface area (Å²) in [6, 6.07) is 4.32. The monoisotopic (exact) mass is 281 g/mol. The second-order valence-electron chi connectivity index (χ2n) is 4.74. The molecule has 106 valence electrons. The van der Waals surface area contributed by atoms with Crippen molar-refractivity contribution < 1.29 is 13.2 Å². The maximum absolute atomic E-state index is 13.7. The van der Waals surface area contributed by atoms with Gasteiger partial charge in [-0.1, -0.05) is 0 Å². The summed E-state index contributed by atoms with van der Waals surface area (Å²) in [5.41, 5.74) is 0.606. The van der Waals surface area contributed by atoms with Crippen molar-refractivity contribution >= 4 is 5.69 Å². The summed E-state index contributed by atoms with van der Waals surface area (Å²) >= 11 is 0. The second-order valence-corrected chi connectivity index (χ2v) is 4.74. The van der Waals surface area contributed by atoms with Crippen molar-refractivity contribution in [3.8, 4) is 11.3 Å². The summed E-state index contributed by atoms with van der Waals surface area (Å²) in [4.78, 5) is 9.24. The van der Waals surface area contributed by atoms with E-state index in [1.807, 2.05) is 0 Å². The Bertz CT molecular complexity index is 621. The molecule has 0 aromatic carbocycles. The van der Waals surface area contributed by atoms with Gasteiger partial charge in [0.2, 0.25) is 0 Å². The minimum absolute atomic E-state index is 0.263. The van der Waals surface area contributed by atoms with Crippen LogP contribution in [0.2, 0.25) is 0 Å². The first-order valence-electron chi connectivity index (χ1n) is 5.96. The van der Waals surface area contributed by atoms with Gasteiger partial charge in [0, 0.05) is 32.8 Å². The Morgan fingerprint density at radius 2 is 1.85 bits per heavy atom. The highest BCUT2D eigenvalue weighted by molar-refractivity contribution is 5.63. The predicted molar refractivity (Wildman–Crippen MR) is 71.3 cm³/mol. The molecule has 0 aliphatic rings. The highest BCUT2D eigenvalue weighted by Crippen LogP contribution is 2.34. The summed E-state index contributed by atoms with van der Waals surface area (Å²) in [7, 11) is 3.32. The lowest BCUT2D eigenvalue weighted by molar-refractivity contribution is 0.0135. The lowest BCUT2D eigenvalue weighted by Gasteiger charge is -2.21. The van der Waals surface area contributed by atoms with Crippen LogP contribution in [0.5, 0.6) is 0 Å². The molecule has 0 fully saturated rings. The topological polar surface area (TPSA) is 29.0 Å². The Kier molecular flexibility index (Phi) is 3.65. The molecular formula is C14H14F3N3. The minimum atomic E-state index is -3.09. The summed E-state index contributed by atoms with van der Waals surface area (Å²) in [6.45, 7) is 0.788. The normalized spacial score (nSPS) is 11.5. The molecule has 6 heteroatoms. The van der Waals surface area contributed by atoms with E-state index < -0.39 is 11.7 Å². The molecule has 3 nitrogen and oxygen atoms in total. The van der Waals surface area contributed by atoms with Gasteiger partial charge in [0.15, 0.2) is 0 Å². The number of pyridine rings is 2. The zero-order chi connectivity index (χ0) is 14.9. The van der Waals surface area contributed by atoms with Gasteiger partial charge in [-0.3, -0.25) is 4.98 Å². The highest BCUT2D eigenvalue weighted by atomic mass is 19.3. The van der Waals surface area contributed by atoms with E-state index in [1.54, 1.807) is 31.1 Å². The van der Waals surface area contributed by atoms with Crippen LogP contribution in [0.3, 0.4) is 0 Å². The van der Waals surface area contributed by atoms with Gasteiger partial charge in [-0.15, -0.1) is 0 Å². The average Bonchev–Trinajstić information content (AvgIpc) is 2.37. The van der Waals surface area contributed by atoms with Gasteiger partial charge in [-0.25, -0.2) is 9.37 Å². The maximum Gasteiger partial charge on any atom is 0.289 e. The molecule has 0 spiro atoms. The summed E-state index contributed by atoms with van der Waals surface area (Å²) in [6.07, 6.45) is 2.44. The molecule has 0 saturated carbocycles. The van der Waals surface area contributed by atoms with E-state index in [4.69, 9.17) is 0 Å². The smallest absolute Gasteiger partial charge is 0.289 e. The first-order valence-corrected chi connectivity index (χ1v) is 5.96.